The molecule has 0 aromatic heterocycles. The Kier molecular flexibility index (Phi) is 2.89. The predicted molar refractivity (Wildman–Crippen MR) is 91.5 cm³/mol. The topological polar surface area (TPSA) is 0 Å². The number of rotatable bonds is 1. The lowest BCUT2D eigenvalue weighted by Gasteiger charge is -2.12. The van der Waals surface area contributed by atoms with E-state index >= 15 is 0 Å². The summed E-state index contributed by atoms with van der Waals surface area (Å²) in [4.78, 5) is 0. The van der Waals surface area contributed by atoms with E-state index in [0.717, 1.165) is 12.8 Å². The minimum atomic E-state index is 1.15. The van der Waals surface area contributed by atoms with E-state index in [1.165, 1.54) is 37.9 Å². The Bertz CT molecular complexity index is 945. The van der Waals surface area contributed by atoms with Crippen LogP contribution in [0.15, 0.2) is 54.6 Å². The van der Waals surface area contributed by atoms with Crippen LogP contribution < -0.4 is 10.4 Å². The zero-order valence-electron chi connectivity index (χ0n) is 12.3. The van der Waals surface area contributed by atoms with Crippen LogP contribution in [0.1, 0.15) is 18.4 Å². The highest BCUT2D eigenvalue weighted by Gasteiger charge is 2.09. The molecule has 0 radical (unpaired) electrons. The van der Waals surface area contributed by atoms with Crippen LogP contribution in [0.25, 0.3) is 34.1 Å². The maximum absolute atomic E-state index is 2.39. The molecule has 0 N–H and O–H groups in total. The van der Waals surface area contributed by atoms with Crippen molar-refractivity contribution < 1.29 is 0 Å². The van der Waals surface area contributed by atoms with Crippen LogP contribution in [0.3, 0.4) is 0 Å². The van der Waals surface area contributed by atoms with Crippen molar-refractivity contribution in [3.63, 3.8) is 0 Å². The summed E-state index contributed by atoms with van der Waals surface area (Å²) in [5.74, 6) is 0. The van der Waals surface area contributed by atoms with Crippen LogP contribution in [-0.4, -0.2) is 0 Å². The maximum Gasteiger partial charge on any atom is -0.00965 e. The van der Waals surface area contributed by atoms with Gasteiger partial charge in [-0.1, -0.05) is 60.7 Å². The van der Waals surface area contributed by atoms with E-state index in [4.69, 9.17) is 0 Å². The zero-order chi connectivity index (χ0) is 14.2. The van der Waals surface area contributed by atoms with Gasteiger partial charge in [-0.15, -0.1) is 0 Å². The third-order valence-electron chi connectivity index (χ3n) is 4.43. The van der Waals surface area contributed by atoms with Crippen molar-refractivity contribution in [3.8, 4) is 11.1 Å². The number of hydrogen-bond donors (Lipinski definition) is 0. The summed E-state index contributed by atoms with van der Waals surface area (Å²) in [6.45, 7) is 2.19. The highest BCUT2D eigenvalue weighted by molar-refractivity contribution is 5.98. The standard InChI is InChI=1S/C21H18/c1-15-8-2-4-10-17(15)21-14-16-9-3-5-11-18(16)19-12-6-7-13-20(19)21/h2,4,6-14H,3,5H2,1H3. The Hall–Kier alpha value is -2.34. The quantitative estimate of drug-likeness (QED) is 0.622. The summed E-state index contributed by atoms with van der Waals surface area (Å²) < 4.78 is 0. The van der Waals surface area contributed by atoms with Crippen molar-refractivity contribution in [1.29, 1.82) is 0 Å². The van der Waals surface area contributed by atoms with Crippen molar-refractivity contribution in [3.05, 3.63) is 70.6 Å². The Morgan fingerprint density at radius 1 is 0.714 bits per heavy atom. The van der Waals surface area contributed by atoms with E-state index in [-0.39, 0.29) is 0 Å². The van der Waals surface area contributed by atoms with E-state index in [2.05, 4.69) is 73.7 Å². The molecule has 0 saturated heterocycles. The summed E-state index contributed by atoms with van der Waals surface area (Å²) in [5, 5.41) is 5.54. The van der Waals surface area contributed by atoms with Crippen LogP contribution in [0.5, 0.6) is 0 Å². The molecule has 0 heterocycles. The molecule has 0 nitrogen and oxygen atoms in total. The highest BCUT2D eigenvalue weighted by atomic mass is 14.1. The van der Waals surface area contributed by atoms with Crippen LogP contribution >= 0.6 is 0 Å². The van der Waals surface area contributed by atoms with Gasteiger partial charge in [0.2, 0.25) is 0 Å². The van der Waals surface area contributed by atoms with Crippen molar-refractivity contribution in [2.45, 2.75) is 19.8 Å². The van der Waals surface area contributed by atoms with Gasteiger partial charge in [-0.3, -0.25) is 0 Å². The van der Waals surface area contributed by atoms with E-state index in [9.17, 15) is 0 Å². The van der Waals surface area contributed by atoms with Gasteiger partial charge in [-0.25, -0.2) is 0 Å². The number of aryl methyl sites for hydroxylation is 1. The zero-order valence-corrected chi connectivity index (χ0v) is 12.3. The third-order valence-corrected chi connectivity index (χ3v) is 4.43. The van der Waals surface area contributed by atoms with Crippen LogP contribution in [0.4, 0.5) is 0 Å². The SMILES string of the molecule is Cc1ccccc1-c1cc2c(c3ccccc13)=CCCC=2. The van der Waals surface area contributed by atoms with Gasteiger partial charge >= 0.3 is 0 Å². The van der Waals surface area contributed by atoms with Crippen LogP contribution in [0, 0.1) is 6.92 Å². The minimum absolute atomic E-state index is 1.15. The molecule has 21 heavy (non-hydrogen) atoms. The molecule has 0 saturated carbocycles. The van der Waals surface area contributed by atoms with E-state index in [1.807, 2.05) is 0 Å². The Labute approximate surface area is 125 Å². The highest BCUT2D eigenvalue weighted by Crippen LogP contribution is 2.28. The molecule has 1 aliphatic rings. The molecule has 102 valence electrons. The number of hydrogen-bond acceptors (Lipinski definition) is 0. The molecule has 4 rings (SSSR count). The first-order chi connectivity index (χ1) is 10.3. The van der Waals surface area contributed by atoms with Gasteiger partial charge in [0.25, 0.3) is 0 Å². The smallest absolute Gasteiger partial charge is 0.00965 e. The lowest BCUT2D eigenvalue weighted by Crippen LogP contribution is -2.27. The molecule has 1 aliphatic carbocycles. The van der Waals surface area contributed by atoms with Crippen molar-refractivity contribution in [1.82, 2.24) is 0 Å². The average molecular weight is 270 g/mol. The lowest BCUT2D eigenvalue weighted by molar-refractivity contribution is 1.12. The Morgan fingerprint density at radius 3 is 2.29 bits per heavy atom. The fraction of sp³-hybridized carbons (Fsp3) is 0.143. The fourth-order valence-electron chi connectivity index (χ4n) is 3.38. The monoisotopic (exact) mass is 270 g/mol. The average Bonchev–Trinajstić information content (AvgIpc) is 2.55. The van der Waals surface area contributed by atoms with E-state index < -0.39 is 0 Å². The summed E-state index contributed by atoms with van der Waals surface area (Å²) in [6.07, 6.45) is 7.07. The molecule has 0 spiro atoms. The van der Waals surface area contributed by atoms with E-state index in [1.54, 1.807) is 0 Å². The maximum atomic E-state index is 2.39. The molecule has 0 unspecified atom stereocenters. The van der Waals surface area contributed by atoms with Crippen LogP contribution in [-0.2, 0) is 0 Å². The summed E-state index contributed by atoms with van der Waals surface area (Å²) in [7, 11) is 0. The van der Waals surface area contributed by atoms with Crippen molar-refractivity contribution >= 4 is 22.9 Å². The first-order valence-corrected chi connectivity index (χ1v) is 7.63. The summed E-state index contributed by atoms with van der Waals surface area (Å²) in [5.41, 5.74) is 4.03. The molecule has 0 bridgehead atoms. The first kappa shape index (κ1) is 12.4. The van der Waals surface area contributed by atoms with Gasteiger partial charge in [0.05, 0.1) is 0 Å². The second-order valence-electron chi connectivity index (χ2n) is 5.77. The lowest BCUT2D eigenvalue weighted by atomic mass is 9.91. The summed E-state index contributed by atoms with van der Waals surface area (Å²) in [6, 6.07) is 19.8. The van der Waals surface area contributed by atoms with Gasteiger partial charge in [-0.2, -0.15) is 0 Å². The Morgan fingerprint density at radius 2 is 1.43 bits per heavy atom. The fourth-order valence-corrected chi connectivity index (χ4v) is 3.38. The second-order valence-corrected chi connectivity index (χ2v) is 5.77. The van der Waals surface area contributed by atoms with Crippen molar-refractivity contribution in [2.75, 3.05) is 0 Å². The molecular weight excluding hydrogens is 252 g/mol. The number of benzene rings is 3. The van der Waals surface area contributed by atoms with Gasteiger partial charge in [0, 0.05) is 0 Å². The normalized spacial score (nSPS) is 13.4. The minimum Gasteiger partial charge on any atom is -0.0763 e. The first-order valence-electron chi connectivity index (χ1n) is 7.63. The van der Waals surface area contributed by atoms with Crippen molar-refractivity contribution in [2.24, 2.45) is 0 Å². The van der Waals surface area contributed by atoms with Gasteiger partial charge in [0.1, 0.15) is 0 Å². The third kappa shape index (κ3) is 1.99. The molecule has 0 heteroatoms. The van der Waals surface area contributed by atoms with Gasteiger partial charge in [0.15, 0.2) is 0 Å². The molecule has 3 aromatic rings. The molecular formula is C21H18. The molecule has 0 atom stereocenters. The van der Waals surface area contributed by atoms with Gasteiger partial charge in [-0.05, 0) is 63.7 Å². The second kappa shape index (κ2) is 4.89. The predicted octanol–water partition coefficient (Wildman–Crippen LogP) is 4.17. The molecule has 0 fully saturated rings. The molecule has 0 aliphatic heterocycles. The Balaban J connectivity index is 2.19. The van der Waals surface area contributed by atoms with E-state index in [0.29, 0.717) is 0 Å². The largest absolute Gasteiger partial charge is 0.0763 e. The van der Waals surface area contributed by atoms with Gasteiger partial charge < -0.3 is 0 Å². The number of fused-ring (bicyclic) bond motifs is 3. The molecule has 3 aromatic carbocycles. The summed E-state index contributed by atoms with van der Waals surface area (Å²) >= 11 is 0. The molecule has 0 amide bonds. The van der Waals surface area contributed by atoms with Crippen LogP contribution in [0.2, 0.25) is 0 Å².